The third-order valence-corrected chi connectivity index (χ3v) is 3.10. The van der Waals surface area contributed by atoms with Gasteiger partial charge in [0.1, 0.15) is 5.75 Å². The second-order valence-electron chi connectivity index (χ2n) is 4.54. The Balaban J connectivity index is 1.71. The van der Waals surface area contributed by atoms with Gasteiger partial charge in [-0.3, -0.25) is 0 Å². The van der Waals surface area contributed by atoms with Gasteiger partial charge >= 0.3 is 0 Å². The molecule has 0 bridgehead atoms. The van der Waals surface area contributed by atoms with Crippen LogP contribution in [0, 0.1) is 0 Å². The quantitative estimate of drug-likeness (QED) is 0.837. The van der Waals surface area contributed by atoms with Crippen molar-refractivity contribution in [3.8, 4) is 17.2 Å². The molecule has 5 heteroatoms. The third-order valence-electron chi connectivity index (χ3n) is 3.10. The molecule has 0 saturated heterocycles. The maximum atomic E-state index is 5.82. The molecule has 0 aromatic heterocycles. The normalized spacial score (nSPS) is 12.2. The molecule has 0 unspecified atom stereocenters. The fraction of sp³-hybridized carbons (Fsp3) is 0.200. The molecule has 5 nitrogen and oxygen atoms in total. The molecule has 2 aromatic rings. The summed E-state index contributed by atoms with van der Waals surface area (Å²) in [4.78, 5) is 0. The molecule has 1 heterocycles. The first-order chi connectivity index (χ1) is 9.74. The van der Waals surface area contributed by atoms with Gasteiger partial charge in [0.05, 0.1) is 7.11 Å². The predicted molar refractivity (Wildman–Crippen MR) is 77.3 cm³/mol. The standard InChI is InChI=1S/C15H16N2O3/c1-18-13-6-11(16)5-12(7-13)17-8-10-2-3-14-15(4-10)20-9-19-14/h2-7,17H,8-9,16H2,1H3. The summed E-state index contributed by atoms with van der Waals surface area (Å²) < 4.78 is 15.8. The van der Waals surface area contributed by atoms with Gasteiger partial charge in [0.2, 0.25) is 6.79 Å². The Hall–Kier alpha value is -2.56. The molecular formula is C15H16N2O3. The monoisotopic (exact) mass is 272 g/mol. The highest BCUT2D eigenvalue weighted by Crippen LogP contribution is 2.32. The fourth-order valence-electron chi connectivity index (χ4n) is 2.10. The first kappa shape index (κ1) is 12.5. The fourth-order valence-corrected chi connectivity index (χ4v) is 2.10. The van der Waals surface area contributed by atoms with E-state index in [0.717, 1.165) is 28.5 Å². The summed E-state index contributed by atoms with van der Waals surface area (Å²) in [6.45, 7) is 0.960. The zero-order valence-electron chi connectivity index (χ0n) is 11.2. The van der Waals surface area contributed by atoms with Gasteiger partial charge < -0.3 is 25.3 Å². The number of hydrogen-bond donors (Lipinski definition) is 2. The molecule has 0 atom stereocenters. The van der Waals surface area contributed by atoms with Crippen molar-refractivity contribution in [2.24, 2.45) is 0 Å². The molecular weight excluding hydrogens is 256 g/mol. The van der Waals surface area contributed by atoms with Crippen LogP contribution in [0.3, 0.4) is 0 Å². The van der Waals surface area contributed by atoms with Crippen LogP contribution in [0.15, 0.2) is 36.4 Å². The van der Waals surface area contributed by atoms with E-state index in [2.05, 4.69) is 5.32 Å². The predicted octanol–water partition coefficient (Wildman–Crippen LogP) is 2.62. The summed E-state index contributed by atoms with van der Waals surface area (Å²) in [6.07, 6.45) is 0. The van der Waals surface area contributed by atoms with Crippen LogP contribution < -0.4 is 25.3 Å². The Morgan fingerprint density at radius 1 is 1.15 bits per heavy atom. The lowest BCUT2D eigenvalue weighted by Crippen LogP contribution is -2.00. The van der Waals surface area contributed by atoms with Crippen molar-refractivity contribution >= 4 is 11.4 Å². The highest BCUT2D eigenvalue weighted by molar-refractivity contribution is 5.59. The van der Waals surface area contributed by atoms with E-state index in [-0.39, 0.29) is 0 Å². The number of anilines is 2. The third kappa shape index (κ3) is 2.56. The van der Waals surface area contributed by atoms with E-state index in [1.165, 1.54) is 0 Å². The van der Waals surface area contributed by atoms with Gasteiger partial charge in [-0.2, -0.15) is 0 Å². The number of rotatable bonds is 4. The molecule has 2 aromatic carbocycles. The van der Waals surface area contributed by atoms with Gasteiger partial charge in [-0.1, -0.05) is 6.07 Å². The molecule has 104 valence electrons. The lowest BCUT2D eigenvalue weighted by atomic mass is 10.2. The van der Waals surface area contributed by atoms with Crippen LogP contribution in [0.5, 0.6) is 17.2 Å². The number of nitrogens with two attached hydrogens (primary N) is 1. The topological polar surface area (TPSA) is 65.7 Å². The summed E-state index contributed by atoms with van der Waals surface area (Å²) in [5.41, 5.74) is 8.51. The summed E-state index contributed by atoms with van der Waals surface area (Å²) in [5, 5.41) is 3.31. The number of nitrogen functional groups attached to an aromatic ring is 1. The summed E-state index contributed by atoms with van der Waals surface area (Å²) >= 11 is 0. The van der Waals surface area contributed by atoms with Gasteiger partial charge in [0, 0.05) is 30.1 Å². The average Bonchev–Trinajstić information content (AvgIpc) is 2.92. The molecule has 0 saturated carbocycles. The molecule has 3 N–H and O–H groups in total. The Morgan fingerprint density at radius 2 is 2.00 bits per heavy atom. The van der Waals surface area contributed by atoms with E-state index >= 15 is 0 Å². The summed E-state index contributed by atoms with van der Waals surface area (Å²) in [7, 11) is 1.62. The zero-order chi connectivity index (χ0) is 13.9. The number of nitrogens with one attached hydrogen (secondary N) is 1. The molecule has 20 heavy (non-hydrogen) atoms. The molecule has 1 aliphatic rings. The Labute approximate surface area is 117 Å². The van der Waals surface area contributed by atoms with Gasteiger partial charge in [-0.25, -0.2) is 0 Å². The van der Waals surface area contributed by atoms with Crippen molar-refractivity contribution in [1.29, 1.82) is 0 Å². The Morgan fingerprint density at radius 3 is 2.85 bits per heavy atom. The summed E-state index contributed by atoms with van der Waals surface area (Å²) in [6, 6.07) is 11.5. The lowest BCUT2D eigenvalue weighted by Gasteiger charge is -2.10. The molecule has 0 amide bonds. The molecule has 0 radical (unpaired) electrons. The smallest absolute Gasteiger partial charge is 0.231 e. The van der Waals surface area contributed by atoms with Crippen molar-refractivity contribution in [2.45, 2.75) is 6.54 Å². The number of benzene rings is 2. The maximum absolute atomic E-state index is 5.82. The molecule has 1 aliphatic heterocycles. The van der Waals surface area contributed by atoms with E-state index in [1.54, 1.807) is 13.2 Å². The van der Waals surface area contributed by atoms with Crippen LogP contribution in [0.2, 0.25) is 0 Å². The average molecular weight is 272 g/mol. The van der Waals surface area contributed by atoms with E-state index < -0.39 is 0 Å². The number of ether oxygens (including phenoxy) is 3. The van der Waals surface area contributed by atoms with Gasteiger partial charge in [-0.15, -0.1) is 0 Å². The minimum Gasteiger partial charge on any atom is -0.497 e. The van der Waals surface area contributed by atoms with Crippen LogP contribution >= 0.6 is 0 Å². The second-order valence-corrected chi connectivity index (χ2v) is 4.54. The van der Waals surface area contributed by atoms with Crippen molar-refractivity contribution in [1.82, 2.24) is 0 Å². The highest BCUT2D eigenvalue weighted by Gasteiger charge is 2.12. The van der Waals surface area contributed by atoms with Gasteiger partial charge in [0.25, 0.3) is 0 Å². The van der Waals surface area contributed by atoms with E-state index in [4.69, 9.17) is 19.9 Å². The van der Waals surface area contributed by atoms with Crippen molar-refractivity contribution in [3.05, 3.63) is 42.0 Å². The van der Waals surface area contributed by atoms with Crippen LogP contribution in [0.4, 0.5) is 11.4 Å². The Bertz CT molecular complexity index is 629. The van der Waals surface area contributed by atoms with E-state index in [9.17, 15) is 0 Å². The molecule has 0 fully saturated rings. The number of hydrogen-bond acceptors (Lipinski definition) is 5. The lowest BCUT2D eigenvalue weighted by molar-refractivity contribution is 0.174. The van der Waals surface area contributed by atoms with Crippen molar-refractivity contribution < 1.29 is 14.2 Å². The first-order valence-electron chi connectivity index (χ1n) is 6.31. The minimum absolute atomic E-state index is 0.290. The van der Waals surface area contributed by atoms with Crippen molar-refractivity contribution in [3.63, 3.8) is 0 Å². The van der Waals surface area contributed by atoms with E-state index in [0.29, 0.717) is 19.0 Å². The minimum atomic E-state index is 0.290. The SMILES string of the molecule is COc1cc(N)cc(NCc2ccc3c(c2)OCO3)c1. The number of methoxy groups -OCH3 is 1. The number of fused-ring (bicyclic) bond motifs is 1. The van der Waals surface area contributed by atoms with Crippen LogP contribution in [-0.4, -0.2) is 13.9 Å². The largest absolute Gasteiger partial charge is 0.497 e. The molecule has 0 spiro atoms. The Kier molecular flexibility index (Phi) is 3.25. The van der Waals surface area contributed by atoms with Gasteiger partial charge in [-0.05, 0) is 23.8 Å². The van der Waals surface area contributed by atoms with Crippen molar-refractivity contribution in [2.75, 3.05) is 25.0 Å². The highest BCUT2D eigenvalue weighted by atomic mass is 16.7. The van der Waals surface area contributed by atoms with Crippen LogP contribution in [0.1, 0.15) is 5.56 Å². The molecule has 0 aliphatic carbocycles. The van der Waals surface area contributed by atoms with Gasteiger partial charge in [0.15, 0.2) is 11.5 Å². The zero-order valence-corrected chi connectivity index (χ0v) is 11.2. The molecule has 3 rings (SSSR count). The first-order valence-corrected chi connectivity index (χ1v) is 6.31. The van der Waals surface area contributed by atoms with E-state index in [1.807, 2.05) is 30.3 Å². The van der Waals surface area contributed by atoms with Crippen LogP contribution in [-0.2, 0) is 6.54 Å². The van der Waals surface area contributed by atoms with Crippen LogP contribution in [0.25, 0.3) is 0 Å². The maximum Gasteiger partial charge on any atom is 0.231 e. The second kappa shape index (κ2) is 5.21. The summed E-state index contributed by atoms with van der Waals surface area (Å²) in [5.74, 6) is 2.31.